The van der Waals surface area contributed by atoms with E-state index in [-0.39, 0.29) is 53.0 Å². The minimum atomic E-state index is -0.830. The smallest absolute Gasteiger partial charge is 0.159 e. The lowest BCUT2D eigenvalue weighted by atomic mass is 9.48. The van der Waals surface area contributed by atoms with Gasteiger partial charge in [0, 0.05) is 18.4 Å². The molecule has 0 aliphatic heterocycles. The average Bonchev–Trinajstić information content (AvgIpc) is 2.93. The van der Waals surface area contributed by atoms with Crippen LogP contribution in [0.1, 0.15) is 72.1 Å². The van der Waals surface area contributed by atoms with E-state index in [1.54, 1.807) is 0 Å². The largest absolute Gasteiger partial charge is 0.396 e. The van der Waals surface area contributed by atoms with Crippen molar-refractivity contribution in [1.29, 1.82) is 0 Å². The summed E-state index contributed by atoms with van der Waals surface area (Å²) in [5, 5.41) is 41.8. The molecule has 0 aromatic rings. The molecule has 32 heavy (non-hydrogen) atoms. The number of hydrogen-bond acceptors (Lipinski definition) is 5. The quantitative estimate of drug-likeness (QED) is 0.496. The fraction of sp³-hybridized carbons (Fsp3) is 0.889. The van der Waals surface area contributed by atoms with Crippen molar-refractivity contribution in [3.8, 4) is 0 Å². The second-order valence-electron chi connectivity index (χ2n) is 12.6. The van der Waals surface area contributed by atoms with Crippen molar-refractivity contribution in [1.82, 2.24) is 0 Å². The minimum absolute atomic E-state index is 0.0150. The monoisotopic (exact) mass is 446 g/mol. The van der Waals surface area contributed by atoms with E-state index in [4.69, 9.17) is 0 Å². The first-order valence-corrected chi connectivity index (χ1v) is 13.0. The Balaban J connectivity index is 1.48. The SMILES string of the molecule is C[C@H]1[C@H](O)[C@@H](O)C[C@@]2(C)[C@H]3CC[C@H]4[C@@H](CC[C@@H]5[C@@H](CO)[C@H](O)CC[C@@]54C)CC3=CC(=O)[C@@H]12. The molecule has 5 nitrogen and oxygen atoms in total. The van der Waals surface area contributed by atoms with Crippen molar-refractivity contribution in [2.75, 3.05) is 6.61 Å². The van der Waals surface area contributed by atoms with E-state index < -0.39 is 12.2 Å². The fourth-order valence-electron chi connectivity index (χ4n) is 9.76. The molecule has 0 amide bonds. The Morgan fingerprint density at radius 2 is 1.69 bits per heavy atom. The van der Waals surface area contributed by atoms with Gasteiger partial charge in [-0.05, 0) is 97.9 Å². The Labute approximate surface area is 192 Å². The number of carbonyl (C=O) groups is 1. The van der Waals surface area contributed by atoms with Gasteiger partial charge in [0.1, 0.15) is 0 Å². The second kappa shape index (κ2) is 7.90. The van der Waals surface area contributed by atoms with Crippen molar-refractivity contribution in [3.05, 3.63) is 11.6 Å². The molecule has 4 fully saturated rings. The molecule has 0 heterocycles. The number of hydrogen-bond donors (Lipinski definition) is 4. The molecule has 4 saturated carbocycles. The third kappa shape index (κ3) is 3.14. The standard InChI is InChI=1S/C27H42O5/c1-14-24-22(30)11-16-10-15-4-5-20-17(13-28)21(29)8-9-26(20,2)18(15)6-7-19(16)27(24,3)12-23(31)25(14)32/h11,14-15,17-21,23-25,28-29,31-32H,4-10,12-13H2,1-3H3/t14-,15+,17-,18+,19+,20-,21-,23+,24-,25+,26-,27+/m1/s1. The van der Waals surface area contributed by atoms with Gasteiger partial charge >= 0.3 is 0 Å². The highest BCUT2D eigenvalue weighted by Gasteiger charge is 2.60. The van der Waals surface area contributed by atoms with E-state index in [1.165, 1.54) is 5.57 Å². The lowest BCUT2D eigenvalue weighted by molar-refractivity contribution is -0.154. The average molecular weight is 447 g/mol. The zero-order valence-electron chi connectivity index (χ0n) is 19.9. The van der Waals surface area contributed by atoms with Gasteiger partial charge in [-0.15, -0.1) is 0 Å². The molecule has 0 spiro atoms. The topological polar surface area (TPSA) is 98.0 Å². The third-order valence-corrected chi connectivity index (χ3v) is 11.3. The molecule has 180 valence electrons. The van der Waals surface area contributed by atoms with Crippen LogP contribution in [0.4, 0.5) is 0 Å². The molecule has 0 saturated heterocycles. The van der Waals surface area contributed by atoms with Gasteiger partial charge in [-0.2, -0.15) is 0 Å². The van der Waals surface area contributed by atoms with Gasteiger partial charge in [-0.25, -0.2) is 0 Å². The third-order valence-electron chi connectivity index (χ3n) is 11.3. The number of rotatable bonds is 1. The van der Waals surface area contributed by atoms with E-state index in [1.807, 2.05) is 13.0 Å². The van der Waals surface area contributed by atoms with Crippen LogP contribution in [0.2, 0.25) is 0 Å². The first kappa shape index (κ1) is 23.0. The second-order valence-corrected chi connectivity index (χ2v) is 12.6. The normalized spacial score (nSPS) is 55.6. The molecule has 12 atom stereocenters. The summed E-state index contributed by atoms with van der Waals surface area (Å²) in [4.78, 5) is 13.3. The highest BCUT2D eigenvalue weighted by atomic mass is 16.3. The number of allylic oxidation sites excluding steroid dienone is 2. The van der Waals surface area contributed by atoms with E-state index in [9.17, 15) is 25.2 Å². The Morgan fingerprint density at radius 1 is 0.969 bits per heavy atom. The van der Waals surface area contributed by atoms with Gasteiger partial charge in [-0.1, -0.05) is 26.3 Å². The molecular weight excluding hydrogens is 404 g/mol. The van der Waals surface area contributed by atoms with E-state index in [2.05, 4.69) is 13.8 Å². The number of carbonyl (C=O) groups excluding carboxylic acids is 1. The predicted octanol–water partition coefficient (Wildman–Crippen LogP) is 3.09. The maximum absolute atomic E-state index is 13.3. The van der Waals surface area contributed by atoms with Gasteiger partial charge in [-0.3, -0.25) is 4.79 Å². The van der Waals surface area contributed by atoms with Gasteiger partial charge in [0.25, 0.3) is 0 Å². The van der Waals surface area contributed by atoms with Crippen molar-refractivity contribution in [2.24, 2.45) is 52.3 Å². The van der Waals surface area contributed by atoms with E-state index in [0.29, 0.717) is 24.2 Å². The van der Waals surface area contributed by atoms with Crippen LogP contribution in [-0.4, -0.2) is 51.1 Å². The minimum Gasteiger partial charge on any atom is -0.396 e. The predicted molar refractivity (Wildman–Crippen MR) is 121 cm³/mol. The summed E-state index contributed by atoms with van der Waals surface area (Å²) < 4.78 is 0. The maximum Gasteiger partial charge on any atom is 0.159 e. The Bertz CT molecular complexity index is 793. The highest BCUT2D eigenvalue weighted by Crippen LogP contribution is 2.64. The maximum atomic E-state index is 13.3. The number of aliphatic hydroxyl groups is 4. The number of ketones is 1. The highest BCUT2D eigenvalue weighted by molar-refractivity contribution is 5.94. The number of fused-ring (bicyclic) bond motifs is 6. The zero-order chi connectivity index (χ0) is 23.0. The molecule has 5 heteroatoms. The summed E-state index contributed by atoms with van der Waals surface area (Å²) in [5.74, 6) is 1.42. The van der Waals surface area contributed by atoms with Crippen LogP contribution >= 0.6 is 0 Å². The molecule has 0 radical (unpaired) electrons. The van der Waals surface area contributed by atoms with Crippen LogP contribution in [0.15, 0.2) is 11.6 Å². The van der Waals surface area contributed by atoms with Gasteiger partial charge in [0.15, 0.2) is 5.78 Å². The molecule has 0 aromatic carbocycles. The summed E-state index contributed by atoms with van der Waals surface area (Å²) >= 11 is 0. The lowest BCUT2D eigenvalue weighted by Gasteiger charge is -2.57. The summed E-state index contributed by atoms with van der Waals surface area (Å²) in [6.07, 6.45) is 7.47. The molecule has 5 aliphatic rings. The molecule has 0 aromatic heterocycles. The molecular formula is C27H42O5. The van der Waals surface area contributed by atoms with Crippen LogP contribution in [0.25, 0.3) is 0 Å². The van der Waals surface area contributed by atoms with Crippen molar-refractivity contribution in [3.63, 3.8) is 0 Å². The van der Waals surface area contributed by atoms with Gasteiger partial charge in [0.2, 0.25) is 0 Å². The van der Waals surface area contributed by atoms with Crippen LogP contribution < -0.4 is 0 Å². The van der Waals surface area contributed by atoms with Gasteiger partial charge in [0.05, 0.1) is 18.3 Å². The van der Waals surface area contributed by atoms with Crippen molar-refractivity contribution < 1.29 is 25.2 Å². The Morgan fingerprint density at radius 3 is 2.41 bits per heavy atom. The first-order chi connectivity index (χ1) is 15.1. The van der Waals surface area contributed by atoms with Crippen molar-refractivity contribution in [2.45, 2.75) is 90.4 Å². The fourth-order valence-corrected chi connectivity index (χ4v) is 9.76. The van der Waals surface area contributed by atoms with Crippen molar-refractivity contribution >= 4 is 5.78 Å². The Hall–Kier alpha value is -0.750. The molecule has 5 aliphatic carbocycles. The first-order valence-electron chi connectivity index (χ1n) is 13.0. The Kier molecular flexibility index (Phi) is 5.68. The van der Waals surface area contributed by atoms with E-state index >= 15 is 0 Å². The zero-order valence-corrected chi connectivity index (χ0v) is 19.9. The number of aliphatic hydroxyl groups excluding tert-OH is 4. The van der Waals surface area contributed by atoms with Gasteiger partial charge < -0.3 is 20.4 Å². The van der Waals surface area contributed by atoms with E-state index in [0.717, 1.165) is 44.9 Å². The van der Waals surface area contributed by atoms with Crippen LogP contribution in [0, 0.1) is 52.3 Å². The molecule has 0 bridgehead atoms. The van der Waals surface area contributed by atoms with Crippen LogP contribution in [0.5, 0.6) is 0 Å². The summed E-state index contributed by atoms with van der Waals surface area (Å²) in [6.45, 7) is 6.60. The molecule has 4 N–H and O–H groups in total. The summed E-state index contributed by atoms with van der Waals surface area (Å²) in [6, 6.07) is 0. The molecule has 5 rings (SSSR count). The summed E-state index contributed by atoms with van der Waals surface area (Å²) in [5.41, 5.74) is 1.11. The molecule has 0 unspecified atom stereocenters. The van der Waals surface area contributed by atoms with Crippen LogP contribution in [-0.2, 0) is 4.79 Å². The van der Waals surface area contributed by atoms with Crippen LogP contribution in [0.3, 0.4) is 0 Å². The lowest BCUT2D eigenvalue weighted by Crippen LogP contribution is -2.57. The summed E-state index contributed by atoms with van der Waals surface area (Å²) in [7, 11) is 0.